The van der Waals surface area contributed by atoms with Crippen molar-refractivity contribution >= 4 is 11.7 Å². The smallest absolute Gasteiger partial charge is 0.259 e. The van der Waals surface area contributed by atoms with Crippen molar-refractivity contribution in [1.82, 2.24) is 14.7 Å². The molecule has 25 heavy (non-hydrogen) atoms. The number of aryl methyl sites for hydroxylation is 2. The average Bonchev–Trinajstić information content (AvgIpc) is 3.12. The minimum absolute atomic E-state index is 0.0146. The molecule has 1 amide bonds. The first-order valence-corrected chi connectivity index (χ1v) is 9.04. The number of nitrogen functional groups attached to an aromatic ring is 1. The molecule has 2 heterocycles. The van der Waals surface area contributed by atoms with Gasteiger partial charge in [-0.25, -0.2) is 0 Å². The Bertz CT molecular complexity index is 761. The van der Waals surface area contributed by atoms with Gasteiger partial charge in [-0.2, -0.15) is 5.10 Å². The maximum atomic E-state index is 12.8. The zero-order chi connectivity index (χ0) is 18.1. The lowest BCUT2D eigenvalue weighted by molar-refractivity contribution is 0.0787. The van der Waals surface area contributed by atoms with Crippen molar-refractivity contribution in [3.05, 3.63) is 46.6 Å². The molecule has 0 radical (unpaired) electrons. The molecule has 0 saturated carbocycles. The molecule has 3 rings (SSSR count). The van der Waals surface area contributed by atoms with Crippen LogP contribution in [0.25, 0.3) is 0 Å². The third-order valence-corrected chi connectivity index (χ3v) is 5.22. The zero-order valence-electron chi connectivity index (χ0n) is 15.6. The summed E-state index contributed by atoms with van der Waals surface area (Å²) in [4.78, 5) is 14.7. The number of aromatic nitrogens is 2. The molecule has 5 nitrogen and oxygen atoms in total. The number of hydrogen-bond acceptors (Lipinski definition) is 3. The average molecular weight is 340 g/mol. The number of nitrogens with zero attached hydrogens (tertiary/aromatic N) is 3. The Labute approximate surface area is 149 Å². The van der Waals surface area contributed by atoms with Gasteiger partial charge in [-0.05, 0) is 42.7 Å². The maximum Gasteiger partial charge on any atom is 0.259 e. The first-order valence-electron chi connectivity index (χ1n) is 9.04. The lowest BCUT2D eigenvalue weighted by Crippen LogP contribution is -2.30. The Balaban J connectivity index is 1.64. The van der Waals surface area contributed by atoms with E-state index in [0.717, 1.165) is 25.9 Å². The number of nitrogens with two attached hydrogens (primary N) is 1. The lowest BCUT2D eigenvalue weighted by atomic mass is 9.96. The van der Waals surface area contributed by atoms with Gasteiger partial charge in [-0.15, -0.1) is 0 Å². The normalized spacial score (nSPS) is 17.5. The topological polar surface area (TPSA) is 64.2 Å². The highest BCUT2D eigenvalue weighted by Crippen LogP contribution is 2.26. The highest BCUT2D eigenvalue weighted by Gasteiger charge is 2.30. The molecule has 1 fully saturated rings. The van der Waals surface area contributed by atoms with Gasteiger partial charge in [0.2, 0.25) is 0 Å². The Morgan fingerprint density at radius 1 is 1.32 bits per heavy atom. The molecule has 5 heteroatoms. The Morgan fingerprint density at radius 3 is 2.56 bits per heavy atom. The second kappa shape index (κ2) is 6.90. The van der Waals surface area contributed by atoms with E-state index in [1.54, 1.807) is 11.7 Å². The van der Waals surface area contributed by atoms with Crippen LogP contribution in [-0.4, -0.2) is 33.7 Å². The van der Waals surface area contributed by atoms with Gasteiger partial charge in [0.1, 0.15) is 11.4 Å². The van der Waals surface area contributed by atoms with E-state index in [-0.39, 0.29) is 5.91 Å². The van der Waals surface area contributed by atoms with Crippen LogP contribution in [0.1, 0.15) is 53.4 Å². The number of amides is 1. The summed E-state index contributed by atoms with van der Waals surface area (Å²) in [7, 11) is 1.77. The molecule has 134 valence electrons. The van der Waals surface area contributed by atoms with Gasteiger partial charge >= 0.3 is 0 Å². The number of carbonyl (C=O) groups is 1. The summed E-state index contributed by atoms with van der Waals surface area (Å²) in [5, 5.41) is 4.26. The summed E-state index contributed by atoms with van der Waals surface area (Å²) in [6.45, 7) is 7.84. The highest BCUT2D eigenvalue weighted by molar-refractivity contribution is 5.99. The standard InChI is InChI=1S/C20H28N4O/c1-13(2)17-7-5-15(6-8-17)11-16-9-10-24(12-16)20(25)18-14(3)22-23(4)19(18)21/h5-8,13,16H,9-12,21H2,1-4H3. The van der Waals surface area contributed by atoms with Crippen LogP contribution in [0.5, 0.6) is 0 Å². The molecule has 1 aliphatic rings. The van der Waals surface area contributed by atoms with Gasteiger partial charge in [0.05, 0.1) is 5.69 Å². The summed E-state index contributed by atoms with van der Waals surface area (Å²) in [6.07, 6.45) is 2.06. The van der Waals surface area contributed by atoms with Gasteiger partial charge in [0, 0.05) is 20.1 Å². The van der Waals surface area contributed by atoms with Crippen molar-refractivity contribution in [2.45, 2.75) is 39.5 Å². The van der Waals surface area contributed by atoms with E-state index in [2.05, 4.69) is 43.2 Å². The lowest BCUT2D eigenvalue weighted by Gasteiger charge is -2.17. The number of benzene rings is 1. The maximum absolute atomic E-state index is 12.8. The van der Waals surface area contributed by atoms with Crippen molar-refractivity contribution in [3.8, 4) is 0 Å². The third kappa shape index (κ3) is 3.55. The van der Waals surface area contributed by atoms with E-state index < -0.39 is 0 Å². The minimum atomic E-state index is 0.0146. The van der Waals surface area contributed by atoms with E-state index in [4.69, 9.17) is 5.73 Å². The molecule has 1 aromatic heterocycles. The monoisotopic (exact) mass is 340 g/mol. The van der Waals surface area contributed by atoms with Gasteiger partial charge in [0.15, 0.2) is 0 Å². The summed E-state index contributed by atoms with van der Waals surface area (Å²) in [6, 6.07) is 8.89. The van der Waals surface area contributed by atoms with Crippen LogP contribution < -0.4 is 5.73 Å². The number of hydrogen-bond donors (Lipinski definition) is 1. The quantitative estimate of drug-likeness (QED) is 0.930. The first kappa shape index (κ1) is 17.5. The van der Waals surface area contributed by atoms with Crippen molar-refractivity contribution < 1.29 is 4.79 Å². The largest absolute Gasteiger partial charge is 0.383 e. The van der Waals surface area contributed by atoms with E-state index in [1.807, 2.05) is 11.8 Å². The van der Waals surface area contributed by atoms with E-state index in [1.165, 1.54) is 11.1 Å². The van der Waals surface area contributed by atoms with Crippen LogP contribution in [0.15, 0.2) is 24.3 Å². The fraction of sp³-hybridized carbons (Fsp3) is 0.500. The van der Waals surface area contributed by atoms with Crippen molar-refractivity contribution in [1.29, 1.82) is 0 Å². The van der Waals surface area contributed by atoms with Crippen molar-refractivity contribution in [3.63, 3.8) is 0 Å². The predicted octanol–water partition coefficient (Wildman–Crippen LogP) is 3.14. The van der Waals surface area contributed by atoms with Crippen LogP contribution in [0.2, 0.25) is 0 Å². The SMILES string of the molecule is Cc1nn(C)c(N)c1C(=O)N1CCC(Cc2ccc(C(C)C)cc2)C1. The number of likely N-dealkylation sites (tertiary alicyclic amines) is 1. The Kier molecular flexibility index (Phi) is 4.84. The molecule has 1 saturated heterocycles. The van der Waals surface area contributed by atoms with Crippen molar-refractivity contribution in [2.24, 2.45) is 13.0 Å². The summed E-state index contributed by atoms with van der Waals surface area (Å²) >= 11 is 0. The first-order chi connectivity index (χ1) is 11.9. The molecule has 1 unspecified atom stereocenters. The molecular formula is C20H28N4O. The van der Waals surface area contributed by atoms with Crippen LogP contribution in [0.3, 0.4) is 0 Å². The number of carbonyl (C=O) groups excluding carboxylic acids is 1. The molecule has 1 aliphatic heterocycles. The van der Waals surface area contributed by atoms with Crippen LogP contribution >= 0.6 is 0 Å². The fourth-order valence-electron chi connectivity index (χ4n) is 3.65. The summed E-state index contributed by atoms with van der Waals surface area (Å²) in [5.74, 6) is 1.53. The molecule has 0 aliphatic carbocycles. The summed E-state index contributed by atoms with van der Waals surface area (Å²) < 4.78 is 1.58. The Morgan fingerprint density at radius 2 is 2.00 bits per heavy atom. The second-order valence-corrected chi connectivity index (χ2v) is 7.48. The number of anilines is 1. The molecule has 2 N–H and O–H groups in total. The van der Waals surface area contributed by atoms with E-state index in [0.29, 0.717) is 28.9 Å². The van der Waals surface area contributed by atoms with Crippen LogP contribution in [0.4, 0.5) is 5.82 Å². The van der Waals surface area contributed by atoms with E-state index >= 15 is 0 Å². The third-order valence-electron chi connectivity index (χ3n) is 5.22. The number of rotatable bonds is 4. The molecular weight excluding hydrogens is 312 g/mol. The highest BCUT2D eigenvalue weighted by atomic mass is 16.2. The van der Waals surface area contributed by atoms with E-state index in [9.17, 15) is 4.79 Å². The second-order valence-electron chi connectivity index (χ2n) is 7.48. The molecule has 1 atom stereocenters. The zero-order valence-corrected chi connectivity index (χ0v) is 15.6. The van der Waals surface area contributed by atoms with Crippen molar-refractivity contribution in [2.75, 3.05) is 18.8 Å². The Hall–Kier alpha value is -2.30. The van der Waals surface area contributed by atoms with Gasteiger partial charge in [-0.1, -0.05) is 38.1 Å². The van der Waals surface area contributed by atoms with Gasteiger partial charge in [0.25, 0.3) is 5.91 Å². The molecule has 2 aromatic rings. The minimum Gasteiger partial charge on any atom is -0.383 e. The summed E-state index contributed by atoms with van der Waals surface area (Å²) in [5.41, 5.74) is 10.0. The van der Waals surface area contributed by atoms with Crippen LogP contribution in [0, 0.1) is 12.8 Å². The molecule has 1 aromatic carbocycles. The molecule has 0 spiro atoms. The van der Waals surface area contributed by atoms with Gasteiger partial charge in [-0.3, -0.25) is 9.48 Å². The fourth-order valence-corrected chi connectivity index (χ4v) is 3.65. The van der Waals surface area contributed by atoms with Gasteiger partial charge < -0.3 is 10.6 Å². The predicted molar refractivity (Wildman–Crippen MR) is 101 cm³/mol. The molecule has 0 bridgehead atoms. The van der Waals surface area contributed by atoms with Crippen LogP contribution in [-0.2, 0) is 13.5 Å².